The van der Waals surface area contributed by atoms with Gasteiger partial charge in [-0.3, -0.25) is 0 Å². The summed E-state index contributed by atoms with van der Waals surface area (Å²) >= 11 is 8.29. The molecule has 0 heterocycles. The molecule has 0 aromatic heterocycles. The van der Waals surface area contributed by atoms with E-state index < -0.39 is 0 Å². The number of hydrogen-bond acceptors (Lipinski definition) is 0. The Hall–Kier alpha value is 1.02. The van der Waals surface area contributed by atoms with Crippen molar-refractivity contribution in [3.63, 3.8) is 0 Å². The van der Waals surface area contributed by atoms with Crippen molar-refractivity contribution in [3.8, 4) is 0 Å². The SMILES string of the molecule is [CH2]CCC(Cl)CCCI. The molecule has 0 spiro atoms. The van der Waals surface area contributed by atoms with Crippen LogP contribution in [-0.2, 0) is 0 Å². The first-order valence-corrected chi connectivity index (χ1v) is 5.26. The topological polar surface area (TPSA) is 0 Å². The maximum Gasteiger partial charge on any atom is 0.0336 e. The van der Waals surface area contributed by atoms with Gasteiger partial charge in [0.15, 0.2) is 0 Å². The molecule has 0 saturated carbocycles. The molecule has 1 unspecified atom stereocenters. The third-order valence-corrected chi connectivity index (χ3v) is 2.37. The van der Waals surface area contributed by atoms with Crippen LogP contribution in [0.15, 0.2) is 0 Å². The molecule has 0 fully saturated rings. The lowest BCUT2D eigenvalue weighted by Crippen LogP contribution is -1.97. The Balaban J connectivity index is 2.95. The lowest BCUT2D eigenvalue weighted by atomic mass is 10.2. The smallest absolute Gasteiger partial charge is 0.0336 e. The molecular weight excluding hydrogens is 246 g/mol. The molecule has 0 amide bonds. The van der Waals surface area contributed by atoms with E-state index in [1.165, 1.54) is 10.8 Å². The highest BCUT2D eigenvalue weighted by molar-refractivity contribution is 14.1. The Morgan fingerprint density at radius 2 is 2.11 bits per heavy atom. The number of hydrogen-bond donors (Lipinski definition) is 0. The lowest BCUT2D eigenvalue weighted by molar-refractivity contribution is 0.689. The number of halogens is 2. The third kappa shape index (κ3) is 6.91. The molecule has 0 aliphatic heterocycles. The fourth-order valence-corrected chi connectivity index (χ4v) is 1.41. The second-order valence-electron chi connectivity index (χ2n) is 2.07. The average Bonchev–Trinajstić information content (AvgIpc) is 1.85. The zero-order valence-electron chi connectivity index (χ0n) is 5.58. The molecule has 0 aliphatic carbocycles. The largest absolute Gasteiger partial charge is 0.123 e. The molecule has 0 aromatic carbocycles. The summed E-state index contributed by atoms with van der Waals surface area (Å²) in [6.45, 7) is 3.75. The lowest BCUT2D eigenvalue weighted by Gasteiger charge is -2.04. The summed E-state index contributed by atoms with van der Waals surface area (Å²) in [5.74, 6) is 0. The van der Waals surface area contributed by atoms with Crippen molar-refractivity contribution in [2.24, 2.45) is 0 Å². The molecule has 0 N–H and O–H groups in total. The van der Waals surface area contributed by atoms with E-state index in [2.05, 4.69) is 29.5 Å². The van der Waals surface area contributed by atoms with Gasteiger partial charge >= 0.3 is 0 Å². The Morgan fingerprint density at radius 3 is 2.56 bits per heavy atom. The Bertz CT molecular complexity index is 56.9. The van der Waals surface area contributed by atoms with Gasteiger partial charge in [0, 0.05) is 5.38 Å². The van der Waals surface area contributed by atoms with Crippen molar-refractivity contribution in [3.05, 3.63) is 6.92 Å². The molecule has 0 rings (SSSR count). The highest BCUT2D eigenvalue weighted by atomic mass is 127. The van der Waals surface area contributed by atoms with E-state index in [4.69, 9.17) is 11.6 Å². The van der Waals surface area contributed by atoms with E-state index in [0.717, 1.165) is 19.3 Å². The summed E-state index contributed by atoms with van der Waals surface area (Å²) in [5, 5.41) is 0.372. The molecule has 2 heteroatoms. The van der Waals surface area contributed by atoms with E-state index in [0.29, 0.717) is 5.38 Å². The van der Waals surface area contributed by atoms with Crippen LogP contribution < -0.4 is 0 Å². The molecule has 0 nitrogen and oxygen atoms in total. The minimum Gasteiger partial charge on any atom is -0.123 e. The van der Waals surface area contributed by atoms with Crippen molar-refractivity contribution in [1.82, 2.24) is 0 Å². The van der Waals surface area contributed by atoms with Crippen LogP contribution in [0.5, 0.6) is 0 Å². The second kappa shape index (κ2) is 7.13. The Kier molecular flexibility index (Phi) is 7.94. The van der Waals surface area contributed by atoms with Crippen molar-refractivity contribution >= 4 is 34.2 Å². The van der Waals surface area contributed by atoms with E-state index in [-0.39, 0.29) is 0 Å². The van der Waals surface area contributed by atoms with Crippen molar-refractivity contribution in [2.75, 3.05) is 4.43 Å². The van der Waals surface area contributed by atoms with Crippen molar-refractivity contribution in [2.45, 2.75) is 31.1 Å². The predicted molar refractivity (Wildman–Crippen MR) is 52.4 cm³/mol. The average molecular weight is 260 g/mol. The molecule has 0 aliphatic rings. The fourth-order valence-electron chi connectivity index (χ4n) is 0.664. The molecule has 0 bridgehead atoms. The van der Waals surface area contributed by atoms with Crippen LogP contribution in [0.4, 0.5) is 0 Å². The van der Waals surface area contributed by atoms with Gasteiger partial charge in [-0.15, -0.1) is 11.6 Å². The van der Waals surface area contributed by atoms with Gasteiger partial charge in [-0.1, -0.05) is 35.9 Å². The summed E-state index contributed by atoms with van der Waals surface area (Å²) in [5.41, 5.74) is 0. The van der Waals surface area contributed by atoms with Crippen molar-refractivity contribution in [1.29, 1.82) is 0 Å². The molecule has 55 valence electrons. The predicted octanol–water partition coefficient (Wildman–Crippen LogP) is 3.42. The standard InChI is InChI=1S/C7H13ClI/c1-2-4-7(8)5-3-6-9/h7H,1-6H2. The van der Waals surface area contributed by atoms with E-state index in [1.54, 1.807) is 0 Å². The summed E-state index contributed by atoms with van der Waals surface area (Å²) in [6.07, 6.45) is 4.43. The van der Waals surface area contributed by atoms with Gasteiger partial charge in [-0.05, 0) is 23.7 Å². The van der Waals surface area contributed by atoms with Gasteiger partial charge in [0.05, 0.1) is 0 Å². The summed E-state index contributed by atoms with van der Waals surface area (Å²) < 4.78 is 1.22. The first-order valence-electron chi connectivity index (χ1n) is 3.30. The first-order chi connectivity index (χ1) is 4.31. The minimum atomic E-state index is 0.372. The molecule has 1 radical (unpaired) electrons. The van der Waals surface area contributed by atoms with Crippen LogP contribution >= 0.6 is 34.2 Å². The summed E-state index contributed by atoms with van der Waals surface area (Å²) in [7, 11) is 0. The fraction of sp³-hybridized carbons (Fsp3) is 0.857. The Morgan fingerprint density at radius 1 is 1.44 bits per heavy atom. The summed E-state index contributed by atoms with van der Waals surface area (Å²) in [4.78, 5) is 0. The maximum atomic E-state index is 5.92. The van der Waals surface area contributed by atoms with Crippen LogP contribution in [0, 0.1) is 6.92 Å². The monoisotopic (exact) mass is 259 g/mol. The Labute approximate surface area is 76.5 Å². The quantitative estimate of drug-likeness (QED) is 0.524. The van der Waals surface area contributed by atoms with Gasteiger partial charge < -0.3 is 0 Å². The molecule has 0 saturated heterocycles. The maximum absolute atomic E-state index is 5.92. The number of rotatable bonds is 5. The van der Waals surface area contributed by atoms with Gasteiger partial charge in [0.25, 0.3) is 0 Å². The van der Waals surface area contributed by atoms with Crippen molar-refractivity contribution < 1.29 is 0 Å². The second-order valence-corrected chi connectivity index (χ2v) is 3.77. The molecule has 9 heavy (non-hydrogen) atoms. The molecule has 0 aromatic rings. The van der Waals surface area contributed by atoms with Gasteiger partial charge in [0.2, 0.25) is 0 Å². The highest BCUT2D eigenvalue weighted by Gasteiger charge is 2.00. The zero-order chi connectivity index (χ0) is 7.11. The van der Waals surface area contributed by atoms with Crippen LogP contribution in [0.3, 0.4) is 0 Å². The normalized spacial score (nSPS) is 13.7. The van der Waals surface area contributed by atoms with Crippen LogP contribution in [-0.4, -0.2) is 9.80 Å². The van der Waals surface area contributed by atoms with E-state index in [9.17, 15) is 0 Å². The van der Waals surface area contributed by atoms with Crippen LogP contribution in [0.2, 0.25) is 0 Å². The molecular formula is C7H13ClI. The highest BCUT2D eigenvalue weighted by Crippen LogP contribution is 2.12. The first kappa shape index (κ1) is 10.0. The number of alkyl halides is 2. The minimum absolute atomic E-state index is 0.372. The third-order valence-electron chi connectivity index (χ3n) is 1.17. The summed E-state index contributed by atoms with van der Waals surface area (Å²) in [6, 6.07) is 0. The van der Waals surface area contributed by atoms with Gasteiger partial charge in [-0.25, -0.2) is 0 Å². The van der Waals surface area contributed by atoms with E-state index in [1.807, 2.05) is 0 Å². The van der Waals surface area contributed by atoms with Crippen LogP contribution in [0.1, 0.15) is 25.7 Å². The van der Waals surface area contributed by atoms with Crippen LogP contribution in [0.25, 0.3) is 0 Å². The zero-order valence-corrected chi connectivity index (χ0v) is 8.49. The molecule has 1 atom stereocenters. The van der Waals surface area contributed by atoms with Gasteiger partial charge in [0.1, 0.15) is 0 Å². The van der Waals surface area contributed by atoms with Gasteiger partial charge in [-0.2, -0.15) is 0 Å². The van der Waals surface area contributed by atoms with E-state index >= 15 is 0 Å².